The zero-order valence-corrected chi connectivity index (χ0v) is 29.5. The zero-order valence-electron chi connectivity index (χ0n) is 27.9. The lowest BCUT2D eigenvalue weighted by Gasteiger charge is -2.06. The summed E-state index contributed by atoms with van der Waals surface area (Å²) in [7, 11) is 0. The summed E-state index contributed by atoms with van der Waals surface area (Å²) in [6, 6.07) is 27.0. The van der Waals surface area contributed by atoms with E-state index in [4.69, 9.17) is 37.7 Å². The topological polar surface area (TPSA) is 187 Å². The van der Waals surface area contributed by atoms with Gasteiger partial charge in [0, 0.05) is 0 Å². The van der Waals surface area contributed by atoms with Gasteiger partial charge in [-0.15, -0.1) is 20.5 Å². The van der Waals surface area contributed by atoms with Crippen molar-refractivity contribution in [3.63, 3.8) is 0 Å². The third-order valence-electron chi connectivity index (χ3n) is 7.44. The van der Waals surface area contributed by atoms with Crippen molar-refractivity contribution in [2.24, 2.45) is 20.5 Å². The van der Waals surface area contributed by atoms with Gasteiger partial charge in [-0.1, -0.05) is 71.7 Å². The number of rotatable bonds is 12. The number of H-pyrrole nitrogens is 2. The predicted octanol–water partition coefficient (Wildman–Crippen LogP) is 8.73. The van der Waals surface area contributed by atoms with Crippen LogP contribution in [0.15, 0.2) is 127 Å². The van der Waals surface area contributed by atoms with Crippen molar-refractivity contribution in [2.75, 3.05) is 13.2 Å². The molecular formula is C36H28Cl2N8O7. The quantitative estimate of drug-likeness (QED) is 0.0541. The van der Waals surface area contributed by atoms with E-state index in [1.807, 2.05) is 0 Å². The van der Waals surface area contributed by atoms with E-state index in [0.717, 1.165) is 4.68 Å². The van der Waals surface area contributed by atoms with Gasteiger partial charge in [0.05, 0.1) is 34.6 Å². The number of halogens is 2. The summed E-state index contributed by atoms with van der Waals surface area (Å²) in [5.41, 5.74) is 0.399. The van der Waals surface area contributed by atoms with E-state index in [0.29, 0.717) is 22.5 Å². The number of para-hydroxylation sites is 2. The SMILES string of the molecule is CCOOC(=O)c1[nH]n(-c2ccccc2)c(=O)c1N=Nc1ccc(-c2ccc(N=Nc3c(C(=O)OCC)[nH]n(-c4ccccc4)c3=O)c(Cl)c2)cc1Cl. The Morgan fingerprint density at radius 2 is 1.08 bits per heavy atom. The van der Waals surface area contributed by atoms with E-state index in [9.17, 15) is 19.2 Å². The predicted molar refractivity (Wildman–Crippen MR) is 196 cm³/mol. The van der Waals surface area contributed by atoms with E-state index >= 15 is 0 Å². The number of hydrogen-bond donors (Lipinski definition) is 2. The number of ether oxygens (including phenoxy) is 1. The van der Waals surface area contributed by atoms with Crippen LogP contribution in [0.1, 0.15) is 34.8 Å². The normalized spacial score (nSPS) is 11.4. The maximum atomic E-state index is 13.3. The molecule has 0 saturated heterocycles. The minimum absolute atomic E-state index is 0.0875. The highest BCUT2D eigenvalue weighted by molar-refractivity contribution is 6.34. The number of hydrogen-bond acceptors (Lipinski definition) is 11. The van der Waals surface area contributed by atoms with Gasteiger partial charge in [0.2, 0.25) is 0 Å². The van der Waals surface area contributed by atoms with Crippen molar-refractivity contribution in [3.8, 4) is 22.5 Å². The molecule has 0 spiro atoms. The Hall–Kier alpha value is -6.42. The molecule has 0 amide bonds. The number of nitrogens with one attached hydrogen (secondary N) is 2. The minimum Gasteiger partial charge on any atom is -0.461 e. The van der Waals surface area contributed by atoms with Crippen molar-refractivity contribution in [2.45, 2.75) is 13.8 Å². The fourth-order valence-corrected chi connectivity index (χ4v) is 5.38. The fraction of sp³-hybridized carbons (Fsp3) is 0.111. The number of carbonyl (C=O) groups excluding carboxylic acids is 2. The Morgan fingerprint density at radius 1 is 0.623 bits per heavy atom. The van der Waals surface area contributed by atoms with Gasteiger partial charge in [-0.2, -0.15) is 4.89 Å². The Kier molecular flexibility index (Phi) is 11.2. The molecule has 17 heteroatoms. The van der Waals surface area contributed by atoms with E-state index in [-0.39, 0.29) is 57.4 Å². The second kappa shape index (κ2) is 16.3. The molecule has 6 aromatic rings. The number of nitrogens with zero attached hydrogens (tertiary/aromatic N) is 6. The molecule has 0 fully saturated rings. The molecule has 0 aliphatic carbocycles. The standard InChI is InChI=1S/C36H28Cl2N8O7/c1-3-51-35(49)31-29(33(47)45(43-31)23-11-7-5-8-12-23)41-39-27-17-15-21(19-25(27)37)22-16-18-28(26(38)20-22)40-42-30-32(36(50)53-52-4-2)44-46(34(30)48)24-13-9-6-10-14-24/h5-20,43-44H,3-4H2,1-2H3. The largest absolute Gasteiger partial charge is 0.461 e. The maximum Gasteiger partial charge on any atom is 0.393 e. The van der Waals surface area contributed by atoms with Crippen molar-refractivity contribution >= 4 is 57.9 Å². The summed E-state index contributed by atoms with van der Waals surface area (Å²) in [5, 5.41) is 22.3. The molecule has 53 heavy (non-hydrogen) atoms. The van der Waals surface area contributed by atoms with Gasteiger partial charge < -0.3 is 4.74 Å². The van der Waals surface area contributed by atoms with Crippen molar-refractivity contribution in [1.29, 1.82) is 0 Å². The van der Waals surface area contributed by atoms with Crippen LogP contribution in [0.3, 0.4) is 0 Å². The average Bonchev–Trinajstić information content (AvgIpc) is 3.69. The van der Waals surface area contributed by atoms with Crippen LogP contribution >= 0.6 is 23.2 Å². The van der Waals surface area contributed by atoms with E-state index in [1.54, 1.807) is 111 Å². The lowest BCUT2D eigenvalue weighted by Crippen LogP contribution is -2.13. The van der Waals surface area contributed by atoms with Crippen LogP contribution in [0.4, 0.5) is 22.7 Å². The van der Waals surface area contributed by atoms with E-state index in [1.165, 1.54) is 4.68 Å². The van der Waals surface area contributed by atoms with Gasteiger partial charge in [-0.25, -0.2) is 19.0 Å². The Morgan fingerprint density at radius 3 is 1.49 bits per heavy atom. The first-order valence-corrected chi connectivity index (χ1v) is 16.7. The van der Waals surface area contributed by atoms with Crippen LogP contribution in [-0.2, 0) is 14.5 Å². The van der Waals surface area contributed by atoms with E-state index < -0.39 is 23.1 Å². The van der Waals surface area contributed by atoms with E-state index in [2.05, 4.69) is 30.7 Å². The second-order valence-corrected chi connectivity index (χ2v) is 11.7. The van der Waals surface area contributed by atoms with Crippen LogP contribution in [0.25, 0.3) is 22.5 Å². The number of carbonyl (C=O) groups is 2. The summed E-state index contributed by atoms with van der Waals surface area (Å²) in [5.74, 6) is -1.73. The lowest BCUT2D eigenvalue weighted by molar-refractivity contribution is -0.237. The number of azo groups is 2. The number of aromatic amines is 2. The third-order valence-corrected chi connectivity index (χ3v) is 8.05. The Labute approximate surface area is 310 Å². The van der Waals surface area contributed by atoms with Gasteiger partial charge in [-0.3, -0.25) is 24.7 Å². The monoisotopic (exact) mass is 754 g/mol. The first kappa shape index (κ1) is 36.4. The smallest absolute Gasteiger partial charge is 0.393 e. The molecule has 268 valence electrons. The summed E-state index contributed by atoms with van der Waals surface area (Å²) in [6.07, 6.45) is 0. The minimum atomic E-state index is -0.967. The second-order valence-electron chi connectivity index (χ2n) is 10.9. The lowest BCUT2D eigenvalue weighted by atomic mass is 10.1. The van der Waals surface area contributed by atoms with Crippen LogP contribution in [0, 0.1) is 0 Å². The van der Waals surface area contributed by atoms with Crippen LogP contribution in [-0.4, -0.2) is 44.7 Å². The third kappa shape index (κ3) is 7.92. The van der Waals surface area contributed by atoms with Gasteiger partial charge >= 0.3 is 11.9 Å². The molecule has 15 nitrogen and oxygen atoms in total. The summed E-state index contributed by atoms with van der Waals surface area (Å²) >= 11 is 13.2. The highest BCUT2D eigenvalue weighted by Crippen LogP contribution is 2.36. The summed E-state index contributed by atoms with van der Waals surface area (Å²) < 4.78 is 7.41. The first-order valence-electron chi connectivity index (χ1n) is 15.9. The molecule has 0 aliphatic rings. The molecule has 0 atom stereocenters. The maximum absolute atomic E-state index is 13.3. The van der Waals surface area contributed by atoms with Crippen molar-refractivity contribution < 1.29 is 24.1 Å². The number of benzene rings is 4. The van der Waals surface area contributed by atoms with Gasteiger partial charge in [0.1, 0.15) is 11.4 Å². The Bertz CT molecular complexity index is 2470. The van der Waals surface area contributed by atoms with Crippen LogP contribution in [0.5, 0.6) is 0 Å². The summed E-state index contributed by atoms with van der Waals surface area (Å²) in [6.45, 7) is 3.45. The number of aromatic nitrogens is 4. The van der Waals surface area contributed by atoms with Crippen molar-refractivity contribution in [3.05, 3.63) is 139 Å². The number of esters is 1. The molecule has 4 aromatic carbocycles. The molecule has 0 radical (unpaired) electrons. The molecule has 2 aromatic heterocycles. The van der Waals surface area contributed by atoms with Crippen LogP contribution in [0.2, 0.25) is 10.0 Å². The van der Waals surface area contributed by atoms with Gasteiger partial charge in [-0.05, 0) is 73.5 Å². The van der Waals surface area contributed by atoms with Gasteiger partial charge in [0.25, 0.3) is 11.1 Å². The molecule has 0 aliphatic heterocycles. The highest BCUT2D eigenvalue weighted by Gasteiger charge is 2.24. The molecule has 0 unspecified atom stereocenters. The average molecular weight is 756 g/mol. The zero-order chi connectivity index (χ0) is 37.5. The van der Waals surface area contributed by atoms with Gasteiger partial charge in [0.15, 0.2) is 22.8 Å². The fourth-order valence-electron chi connectivity index (χ4n) is 4.94. The molecular weight excluding hydrogens is 727 g/mol. The Balaban J connectivity index is 1.26. The summed E-state index contributed by atoms with van der Waals surface area (Å²) in [4.78, 5) is 61.4. The molecule has 6 rings (SSSR count). The molecule has 2 heterocycles. The molecule has 0 saturated carbocycles. The molecule has 0 bridgehead atoms. The highest BCUT2D eigenvalue weighted by atomic mass is 35.5. The first-order chi connectivity index (χ1) is 25.7. The van der Waals surface area contributed by atoms with Crippen molar-refractivity contribution in [1.82, 2.24) is 19.6 Å². The molecule has 2 N–H and O–H groups in total. The van der Waals surface area contributed by atoms with Crippen LogP contribution < -0.4 is 11.1 Å².